The lowest BCUT2D eigenvalue weighted by Gasteiger charge is -2.06. The SMILES string of the molecule is Cc1oc(CNC(=O)c2cccc3c2OCO3)cc1C(=O)O. The van der Waals surface area contributed by atoms with Gasteiger partial charge in [-0.25, -0.2) is 4.79 Å². The van der Waals surface area contributed by atoms with Crippen molar-refractivity contribution in [2.24, 2.45) is 0 Å². The number of aryl methyl sites for hydroxylation is 1. The van der Waals surface area contributed by atoms with Crippen molar-refractivity contribution in [3.05, 3.63) is 46.9 Å². The second kappa shape index (κ2) is 5.44. The Kier molecular flexibility index (Phi) is 3.46. The lowest BCUT2D eigenvalue weighted by atomic mass is 10.1. The highest BCUT2D eigenvalue weighted by molar-refractivity contribution is 5.98. The van der Waals surface area contributed by atoms with E-state index in [9.17, 15) is 9.59 Å². The van der Waals surface area contributed by atoms with Crippen molar-refractivity contribution in [1.29, 1.82) is 0 Å². The molecule has 0 atom stereocenters. The summed E-state index contributed by atoms with van der Waals surface area (Å²) in [7, 11) is 0. The maximum absolute atomic E-state index is 12.2. The van der Waals surface area contributed by atoms with Crippen molar-refractivity contribution in [3.8, 4) is 11.5 Å². The first-order chi connectivity index (χ1) is 10.6. The molecule has 2 aromatic rings. The van der Waals surface area contributed by atoms with Gasteiger partial charge < -0.3 is 24.3 Å². The molecule has 0 unspecified atom stereocenters. The van der Waals surface area contributed by atoms with E-state index in [4.69, 9.17) is 19.0 Å². The minimum Gasteiger partial charge on any atom is -0.478 e. The molecule has 3 rings (SSSR count). The number of carbonyl (C=O) groups excluding carboxylic acids is 1. The maximum Gasteiger partial charge on any atom is 0.339 e. The van der Waals surface area contributed by atoms with Gasteiger partial charge in [0.25, 0.3) is 5.91 Å². The quantitative estimate of drug-likeness (QED) is 0.895. The van der Waals surface area contributed by atoms with Crippen molar-refractivity contribution in [3.63, 3.8) is 0 Å². The number of carboxylic acids is 1. The van der Waals surface area contributed by atoms with E-state index in [0.29, 0.717) is 28.6 Å². The summed E-state index contributed by atoms with van der Waals surface area (Å²) in [4.78, 5) is 23.1. The fraction of sp³-hybridized carbons (Fsp3) is 0.200. The molecule has 2 N–H and O–H groups in total. The number of carbonyl (C=O) groups is 2. The predicted molar refractivity (Wildman–Crippen MR) is 74.1 cm³/mol. The van der Waals surface area contributed by atoms with Crippen LogP contribution in [0.15, 0.2) is 28.7 Å². The molecule has 114 valence electrons. The highest BCUT2D eigenvalue weighted by atomic mass is 16.7. The minimum atomic E-state index is -1.06. The zero-order valence-corrected chi connectivity index (χ0v) is 11.7. The van der Waals surface area contributed by atoms with Gasteiger partial charge in [0, 0.05) is 0 Å². The van der Waals surface area contributed by atoms with Crippen LogP contribution in [0.5, 0.6) is 11.5 Å². The number of rotatable bonds is 4. The summed E-state index contributed by atoms with van der Waals surface area (Å²) in [6, 6.07) is 6.43. The smallest absolute Gasteiger partial charge is 0.339 e. The monoisotopic (exact) mass is 303 g/mol. The number of amides is 1. The summed E-state index contributed by atoms with van der Waals surface area (Å²) in [5.41, 5.74) is 0.443. The van der Waals surface area contributed by atoms with Crippen LogP contribution in [-0.4, -0.2) is 23.8 Å². The summed E-state index contributed by atoms with van der Waals surface area (Å²) in [6.07, 6.45) is 0. The van der Waals surface area contributed by atoms with Gasteiger partial charge in [-0.2, -0.15) is 0 Å². The van der Waals surface area contributed by atoms with Crippen LogP contribution in [-0.2, 0) is 6.54 Å². The van der Waals surface area contributed by atoms with Gasteiger partial charge in [0.1, 0.15) is 17.1 Å². The van der Waals surface area contributed by atoms with Crippen LogP contribution in [0.2, 0.25) is 0 Å². The lowest BCUT2D eigenvalue weighted by Crippen LogP contribution is -2.22. The number of benzene rings is 1. The first-order valence-corrected chi connectivity index (χ1v) is 6.55. The van der Waals surface area contributed by atoms with Crippen LogP contribution in [0, 0.1) is 6.92 Å². The molecule has 0 saturated heterocycles. The van der Waals surface area contributed by atoms with E-state index in [0.717, 1.165) is 0 Å². The molecule has 2 heterocycles. The molecule has 0 spiro atoms. The Bertz CT molecular complexity index is 748. The molecule has 22 heavy (non-hydrogen) atoms. The third-order valence-corrected chi connectivity index (χ3v) is 3.26. The van der Waals surface area contributed by atoms with E-state index in [-0.39, 0.29) is 24.8 Å². The summed E-state index contributed by atoms with van der Waals surface area (Å²) in [5.74, 6) is 0.178. The van der Waals surface area contributed by atoms with Gasteiger partial charge in [0.2, 0.25) is 6.79 Å². The molecule has 0 saturated carbocycles. The Hall–Kier alpha value is -2.96. The molecule has 0 radical (unpaired) electrons. The van der Waals surface area contributed by atoms with Gasteiger partial charge in [0.05, 0.1) is 12.1 Å². The third kappa shape index (κ3) is 2.48. The van der Waals surface area contributed by atoms with Gasteiger partial charge in [-0.15, -0.1) is 0 Å². The molecule has 1 aromatic heterocycles. The second-order valence-electron chi connectivity index (χ2n) is 4.71. The molecule has 0 fully saturated rings. The van der Waals surface area contributed by atoms with Crippen LogP contribution >= 0.6 is 0 Å². The molecule has 1 aliphatic rings. The van der Waals surface area contributed by atoms with Crippen LogP contribution in [0.4, 0.5) is 0 Å². The van der Waals surface area contributed by atoms with Crippen molar-refractivity contribution in [1.82, 2.24) is 5.32 Å². The number of furan rings is 1. The first-order valence-electron chi connectivity index (χ1n) is 6.55. The Labute approximate surface area is 125 Å². The van der Waals surface area contributed by atoms with E-state index >= 15 is 0 Å². The second-order valence-corrected chi connectivity index (χ2v) is 4.71. The summed E-state index contributed by atoms with van der Waals surface area (Å²) in [5, 5.41) is 11.6. The molecular weight excluding hydrogens is 290 g/mol. The van der Waals surface area contributed by atoms with Crippen molar-refractivity contribution >= 4 is 11.9 Å². The topological polar surface area (TPSA) is 98.0 Å². The number of carboxylic acid groups (broad SMARTS) is 1. The van der Waals surface area contributed by atoms with Crippen LogP contribution in [0.3, 0.4) is 0 Å². The van der Waals surface area contributed by atoms with Gasteiger partial charge in [-0.05, 0) is 25.1 Å². The first kappa shape index (κ1) is 14.0. The zero-order valence-electron chi connectivity index (χ0n) is 11.7. The summed E-state index contributed by atoms with van der Waals surface area (Å²) >= 11 is 0. The van der Waals surface area contributed by atoms with E-state index in [1.807, 2.05) is 0 Å². The molecule has 0 bridgehead atoms. The average molecular weight is 303 g/mol. The van der Waals surface area contributed by atoms with Gasteiger partial charge in [-0.1, -0.05) is 6.07 Å². The predicted octanol–water partition coefficient (Wildman–Crippen LogP) is 1.94. The molecule has 1 amide bonds. The fourth-order valence-electron chi connectivity index (χ4n) is 2.21. The van der Waals surface area contributed by atoms with E-state index in [2.05, 4.69) is 5.32 Å². The Morgan fingerprint density at radius 3 is 2.82 bits per heavy atom. The maximum atomic E-state index is 12.2. The molecule has 0 aliphatic carbocycles. The fourth-order valence-corrected chi connectivity index (χ4v) is 2.21. The van der Waals surface area contributed by atoms with E-state index in [1.165, 1.54) is 6.07 Å². The van der Waals surface area contributed by atoms with Gasteiger partial charge in [0.15, 0.2) is 11.5 Å². The normalized spacial score (nSPS) is 12.2. The number of fused-ring (bicyclic) bond motifs is 1. The third-order valence-electron chi connectivity index (χ3n) is 3.26. The van der Waals surface area contributed by atoms with Crippen molar-refractivity contribution in [2.45, 2.75) is 13.5 Å². The standard InChI is InChI=1S/C15H13NO6/c1-8-11(15(18)19)5-9(22-8)6-16-14(17)10-3-2-4-12-13(10)21-7-20-12/h2-5H,6-7H2,1H3,(H,16,17)(H,18,19). The van der Waals surface area contributed by atoms with Crippen molar-refractivity contribution < 1.29 is 28.6 Å². The number of ether oxygens (including phenoxy) is 2. The number of nitrogens with one attached hydrogen (secondary N) is 1. The average Bonchev–Trinajstić information content (AvgIpc) is 3.10. The minimum absolute atomic E-state index is 0.0808. The van der Waals surface area contributed by atoms with E-state index < -0.39 is 5.97 Å². The molecule has 1 aromatic carbocycles. The molecule has 7 heteroatoms. The summed E-state index contributed by atoms with van der Waals surface area (Å²) in [6.45, 7) is 1.72. The van der Waals surface area contributed by atoms with Gasteiger partial charge in [-0.3, -0.25) is 4.79 Å². The molecular formula is C15H13NO6. The highest BCUT2D eigenvalue weighted by Gasteiger charge is 2.22. The zero-order chi connectivity index (χ0) is 15.7. The van der Waals surface area contributed by atoms with Crippen LogP contribution < -0.4 is 14.8 Å². The van der Waals surface area contributed by atoms with E-state index in [1.54, 1.807) is 25.1 Å². The Balaban J connectivity index is 1.72. The van der Waals surface area contributed by atoms with Crippen LogP contribution in [0.25, 0.3) is 0 Å². The van der Waals surface area contributed by atoms with Crippen molar-refractivity contribution in [2.75, 3.05) is 6.79 Å². The van der Waals surface area contributed by atoms with Crippen LogP contribution in [0.1, 0.15) is 32.2 Å². The largest absolute Gasteiger partial charge is 0.478 e. The number of hydrogen-bond acceptors (Lipinski definition) is 5. The molecule has 1 aliphatic heterocycles. The lowest BCUT2D eigenvalue weighted by molar-refractivity contribution is 0.0694. The van der Waals surface area contributed by atoms with Gasteiger partial charge >= 0.3 is 5.97 Å². The number of para-hydroxylation sites is 1. The highest BCUT2D eigenvalue weighted by Crippen LogP contribution is 2.35. The Morgan fingerprint density at radius 2 is 2.09 bits per heavy atom. The molecule has 7 nitrogen and oxygen atoms in total. The number of aromatic carboxylic acids is 1. The summed E-state index contributed by atoms with van der Waals surface area (Å²) < 4.78 is 15.8. The number of hydrogen-bond donors (Lipinski definition) is 2. The Morgan fingerprint density at radius 1 is 1.27 bits per heavy atom.